The lowest BCUT2D eigenvalue weighted by Gasteiger charge is -2.13. The molecule has 0 saturated heterocycles. The summed E-state index contributed by atoms with van der Waals surface area (Å²) in [7, 11) is 0. The molecule has 9 heteroatoms. The Morgan fingerprint density at radius 2 is 1.93 bits per heavy atom. The number of rotatable bonds is 7. The molecule has 0 radical (unpaired) electrons. The number of carbonyl (C=O) groups excluding carboxylic acids is 1. The zero-order chi connectivity index (χ0) is 20.9. The van der Waals surface area contributed by atoms with E-state index in [1.54, 1.807) is 18.5 Å². The number of thioether (sulfide) groups is 1. The molecule has 0 unspecified atom stereocenters. The Morgan fingerprint density at radius 3 is 2.67 bits per heavy atom. The first-order chi connectivity index (χ1) is 14.6. The highest BCUT2D eigenvalue weighted by atomic mass is 35.5. The second-order valence-corrected chi connectivity index (χ2v) is 8.95. The number of imidazole rings is 1. The molecule has 4 aromatic rings. The Bertz CT molecular complexity index is 1150. The van der Waals surface area contributed by atoms with E-state index in [2.05, 4.69) is 32.0 Å². The van der Waals surface area contributed by atoms with E-state index in [1.165, 1.54) is 23.1 Å². The largest absolute Gasteiger partial charge is 0.314 e. The van der Waals surface area contributed by atoms with E-state index in [1.807, 2.05) is 35.7 Å². The quantitative estimate of drug-likeness (QED) is 0.329. The fourth-order valence-corrected chi connectivity index (χ4v) is 4.47. The molecule has 0 saturated carbocycles. The summed E-state index contributed by atoms with van der Waals surface area (Å²) in [6, 6.07) is 15.6. The minimum atomic E-state index is -0.125. The Morgan fingerprint density at radius 1 is 1.10 bits per heavy atom. The maximum Gasteiger partial charge on any atom is 0.236 e. The molecule has 2 aromatic carbocycles. The summed E-state index contributed by atoms with van der Waals surface area (Å²) in [6.45, 7) is 0.618. The van der Waals surface area contributed by atoms with Gasteiger partial charge >= 0.3 is 0 Å². The van der Waals surface area contributed by atoms with Crippen molar-refractivity contribution in [3.63, 3.8) is 0 Å². The molecule has 1 amide bonds. The molecule has 5 nitrogen and oxygen atoms in total. The summed E-state index contributed by atoms with van der Waals surface area (Å²) in [5, 5.41) is 6.93. The predicted octanol–water partition coefficient (Wildman–Crippen LogP) is 6.09. The minimum Gasteiger partial charge on any atom is -0.314 e. The van der Waals surface area contributed by atoms with E-state index >= 15 is 0 Å². The van der Waals surface area contributed by atoms with Crippen LogP contribution >= 0.6 is 46.3 Å². The molecule has 0 atom stereocenters. The number of nitrogens with zero attached hydrogens (tertiary/aromatic N) is 3. The first kappa shape index (κ1) is 20.9. The van der Waals surface area contributed by atoms with Gasteiger partial charge < -0.3 is 9.88 Å². The maximum absolute atomic E-state index is 12.3. The van der Waals surface area contributed by atoms with Crippen LogP contribution in [0.5, 0.6) is 0 Å². The van der Waals surface area contributed by atoms with Crippen molar-refractivity contribution in [2.24, 2.45) is 0 Å². The zero-order valence-corrected chi connectivity index (χ0v) is 18.7. The fraction of sp³-hybridized carbons (Fsp3) is 0.0952. The van der Waals surface area contributed by atoms with Gasteiger partial charge in [-0.2, -0.15) is 0 Å². The van der Waals surface area contributed by atoms with Crippen LogP contribution in [0.3, 0.4) is 0 Å². The van der Waals surface area contributed by atoms with Gasteiger partial charge in [0, 0.05) is 17.1 Å². The van der Waals surface area contributed by atoms with Gasteiger partial charge in [0.05, 0.1) is 34.2 Å². The predicted molar refractivity (Wildman–Crippen MR) is 125 cm³/mol. The molecule has 1 N–H and O–H groups in total. The van der Waals surface area contributed by atoms with Gasteiger partial charge in [-0.3, -0.25) is 4.79 Å². The number of hydrogen-bond acceptors (Lipinski definition) is 5. The number of anilines is 1. The van der Waals surface area contributed by atoms with Crippen molar-refractivity contribution >= 4 is 57.3 Å². The van der Waals surface area contributed by atoms with Gasteiger partial charge in [-0.25, -0.2) is 9.97 Å². The van der Waals surface area contributed by atoms with E-state index in [4.69, 9.17) is 23.2 Å². The van der Waals surface area contributed by atoms with Crippen LogP contribution in [-0.4, -0.2) is 26.2 Å². The summed E-state index contributed by atoms with van der Waals surface area (Å²) in [6.07, 6.45) is 3.45. The molecule has 0 bridgehead atoms. The molecule has 0 aliphatic carbocycles. The SMILES string of the molecule is O=C(CSc1ncc(-c2ccc(Cl)c(Cl)c2)n1Cc1ccccc1)Nc1nccs1. The normalized spacial score (nSPS) is 10.9. The highest BCUT2D eigenvalue weighted by molar-refractivity contribution is 7.99. The van der Waals surface area contributed by atoms with Crippen LogP contribution < -0.4 is 5.32 Å². The molecule has 2 heterocycles. The topological polar surface area (TPSA) is 59.8 Å². The molecule has 0 aliphatic rings. The van der Waals surface area contributed by atoms with Crippen molar-refractivity contribution in [1.29, 1.82) is 0 Å². The van der Waals surface area contributed by atoms with Crippen molar-refractivity contribution in [1.82, 2.24) is 14.5 Å². The zero-order valence-electron chi connectivity index (χ0n) is 15.6. The van der Waals surface area contributed by atoms with Crippen molar-refractivity contribution in [3.05, 3.63) is 81.9 Å². The van der Waals surface area contributed by atoms with Crippen LogP contribution in [0.15, 0.2) is 71.5 Å². The molecule has 0 fully saturated rings. The fourth-order valence-electron chi connectivity index (χ4n) is 2.85. The Kier molecular flexibility index (Phi) is 6.74. The van der Waals surface area contributed by atoms with Gasteiger partial charge in [-0.05, 0) is 17.7 Å². The highest BCUT2D eigenvalue weighted by Gasteiger charge is 2.16. The summed E-state index contributed by atoms with van der Waals surface area (Å²) >= 11 is 15.1. The third-order valence-corrected chi connectivity index (χ3v) is 6.65. The summed E-state index contributed by atoms with van der Waals surface area (Å²) in [4.78, 5) is 20.9. The third-order valence-electron chi connectivity index (χ3n) is 4.23. The van der Waals surface area contributed by atoms with Crippen LogP contribution in [0.4, 0.5) is 5.13 Å². The maximum atomic E-state index is 12.3. The molecular weight excluding hydrogens is 459 g/mol. The molecule has 30 heavy (non-hydrogen) atoms. The highest BCUT2D eigenvalue weighted by Crippen LogP contribution is 2.31. The van der Waals surface area contributed by atoms with Gasteiger partial charge in [0.15, 0.2) is 10.3 Å². The summed E-state index contributed by atoms with van der Waals surface area (Å²) in [5.41, 5.74) is 2.94. The monoisotopic (exact) mass is 474 g/mol. The van der Waals surface area contributed by atoms with Crippen molar-refractivity contribution in [2.75, 3.05) is 11.1 Å². The van der Waals surface area contributed by atoms with Crippen molar-refractivity contribution < 1.29 is 4.79 Å². The van der Waals surface area contributed by atoms with Gasteiger partial charge in [0.2, 0.25) is 5.91 Å². The van der Waals surface area contributed by atoms with E-state index < -0.39 is 0 Å². The first-order valence-corrected chi connectivity index (χ1v) is 11.6. The van der Waals surface area contributed by atoms with Crippen LogP contribution in [0.25, 0.3) is 11.3 Å². The molecular formula is C21H16Cl2N4OS2. The molecule has 0 spiro atoms. The van der Waals surface area contributed by atoms with Gasteiger partial charge in [0.1, 0.15) is 0 Å². The van der Waals surface area contributed by atoms with Crippen LogP contribution in [-0.2, 0) is 11.3 Å². The second-order valence-electron chi connectivity index (χ2n) is 6.30. The Hall–Kier alpha value is -2.32. The Balaban J connectivity index is 1.60. The van der Waals surface area contributed by atoms with E-state index in [-0.39, 0.29) is 11.7 Å². The van der Waals surface area contributed by atoms with Gasteiger partial charge in [0.25, 0.3) is 0 Å². The molecule has 152 valence electrons. The second kappa shape index (κ2) is 9.66. The van der Waals surface area contributed by atoms with Crippen LogP contribution in [0.1, 0.15) is 5.56 Å². The van der Waals surface area contributed by atoms with Crippen LogP contribution in [0.2, 0.25) is 10.0 Å². The van der Waals surface area contributed by atoms with Gasteiger partial charge in [-0.1, -0.05) is 71.4 Å². The lowest BCUT2D eigenvalue weighted by molar-refractivity contribution is -0.113. The molecule has 0 aliphatic heterocycles. The van der Waals surface area contributed by atoms with E-state index in [0.29, 0.717) is 21.7 Å². The van der Waals surface area contributed by atoms with Crippen molar-refractivity contribution in [2.45, 2.75) is 11.7 Å². The average molecular weight is 475 g/mol. The van der Waals surface area contributed by atoms with Gasteiger partial charge in [-0.15, -0.1) is 11.3 Å². The number of carbonyl (C=O) groups is 1. The average Bonchev–Trinajstić information content (AvgIpc) is 3.39. The van der Waals surface area contributed by atoms with Crippen molar-refractivity contribution in [3.8, 4) is 11.3 Å². The smallest absolute Gasteiger partial charge is 0.236 e. The Labute approximate surface area is 192 Å². The first-order valence-electron chi connectivity index (χ1n) is 8.97. The lowest BCUT2D eigenvalue weighted by atomic mass is 10.1. The number of halogens is 2. The number of amides is 1. The molecule has 4 rings (SSSR count). The standard InChI is InChI=1S/C21H16Cl2N4OS2/c22-16-7-6-15(10-17(16)23)18-11-25-21(27(18)12-14-4-2-1-3-5-14)30-13-19(28)26-20-24-8-9-29-20/h1-11H,12-13H2,(H,24,26,28). The summed E-state index contributed by atoms with van der Waals surface area (Å²) < 4.78 is 2.08. The number of benzene rings is 2. The third kappa shape index (κ3) is 5.05. The lowest BCUT2D eigenvalue weighted by Crippen LogP contribution is -2.14. The number of hydrogen-bond donors (Lipinski definition) is 1. The van der Waals surface area contributed by atoms with E-state index in [9.17, 15) is 4.79 Å². The summed E-state index contributed by atoms with van der Waals surface area (Å²) in [5.74, 6) is 0.104. The number of thiazole rings is 1. The minimum absolute atomic E-state index is 0.125. The van der Waals surface area contributed by atoms with E-state index in [0.717, 1.165) is 22.0 Å². The molecule has 2 aromatic heterocycles. The number of aromatic nitrogens is 3. The van der Waals surface area contributed by atoms with Crippen LogP contribution in [0, 0.1) is 0 Å². The number of nitrogens with one attached hydrogen (secondary N) is 1.